The van der Waals surface area contributed by atoms with E-state index in [1.807, 2.05) is 6.07 Å². The standard InChI is InChI=1S/C26H26F4N6OS/c1-35-11-9-18(10-12-35)32-20-3-2-4-21-19(20)13-22(36(21)15-26(28,29)30)25-34-33-23(38-25)14-31-24(37)16-5-7-17(27)8-6-16/h2-8,13,18,32H,9-12,14-15H2,1H3,(H,31,37). The van der Waals surface area contributed by atoms with Crippen molar-refractivity contribution >= 4 is 33.8 Å². The average molecular weight is 547 g/mol. The summed E-state index contributed by atoms with van der Waals surface area (Å²) in [5, 5.41) is 15.9. The van der Waals surface area contributed by atoms with Gasteiger partial charge in [-0.15, -0.1) is 10.2 Å². The Kier molecular flexibility index (Phi) is 7.35. The molecule has 2 aromatic carbocycles. The molecule has 4 aromatic rings. The smallest absolute Gasteiger partial charge is 0.382 e. The fourth-order valence-corrected chi connectivity index (χ4v) is 5.40. The minimum Gasteiger partial charge on any atom is -0.382 e. The average Bonchev–Trinajstić information content (AvgIpc) is 3.49. The lowest BCUT2D eigenvalue weighted by Gasteiger charge is -2.30. The van der Waals surface area contributed by atoms with Crippen molar-refractivity contribution in [1.29, 1.82) is 0 Å². The molecule has 0 aliphatic carbocycles. The number of fused-ring (bicyclic) bond motifs is 1. The summed E-state index contributed by atoms with van der Waals surface area (Å²) in [7, 11) is 2.07. The van der Waals surface area contributed by atoms with Gasteiger partial charge in [0, 0.05) is 22.7 Å². The van der Waals surface area contributed by atoms with Crippen LogP contribution in [-0.4, -0.2) is 57.9 Å². The second-order valence-electron chi connectivity index (χ2n) is 9.38. The molecule has 0 bridgehead atoms. The first-order valence-corrected chi connectivity index (χ1v) is 13.0. The van der Waals surface area contributed by atoms with Crippen LogP contribution in [-0.2, 0) is 13.1 Å². The Bertz CT molecular complexity index is 1420. The number of halogens is 4. The summed E-state index contributed by atoms with van der Waals surface area (Å²) in [6, 6.07) is 12.4. The van der Waals surface area contributed by atoms with E-state index in [1.165, 1.54) is 28.8 Å². The number of aromatic nitrogens is 3. The molecule has 3 heterocycles. The molecule has 1 amide bonds. The fraction of sp³-hybridized carbons (Fsp3) is 0.346. The zero-order valence-electron chi connectivity index (χ0n) is 20.6. The first-order valence-electron chi connectivity index (χ1n) is 12.2. The number of piperidine rings is 1. The lowest BCUT2D eigenvalue weighted by atomic mass is 10.0. The van der Waals surface area contributed by atoms with Gasteiger partial charge in [0.1, 0.15) is 17.4 Å². The number of carbonyl (C=O) groups is 1. The van der Waals surface area contributed by atoms with Gasteiger partial charge in [-0.2, -0.15) is 13.2 Å². The highest BCUT2D eigenvalue weighted by molar-refractivity contribution is 7.14. The Morgan fingerprint density at radius 3 is 2.55 bits per heavy atom. The number of likely N-dealkylation sites (tertiary alicyclic amines) is 1. The maximum absolute atomic E-state index is 13.6. The Morgan fingerprint density at radius 1 is 1.11 bits per heavy atom. The van der Waals surface area contributed by atoms with Gasteiger partial charge in [-0.1, -0.05) is 17.4 Å². The summed E-state index contributed by atoms with van der Waals surface area (Å²) >= 11 is 1.11. The van der Waals surface area contributed by atoms with Crippen LogP contribution in [0.25, 0.3) is 21.6 Å². The van der Waals surface area contributed by atoms with E-state index in [9.17, 15) is 22.4 Å². The van der Waals surface area contributed by atoms with Crippen LogP contribution in [0.1, 0.15) is 28.2 Å². The molecule has 0 saturated carbocycles. The molecule has 1 aliphatic heterocycles. The van der Waals surface area contributed by atoms with Crippen LogP contribution in [0.2, 0.25) is 0 Å². The quantitative estimate of drug-likeness (QED) is 0.308. The van der Waals surface area contributed by atoms with E-state index >= 15 is 0 Å². The number of benzene rings is 2. The van der Waals surface area contributed by atoms with Crippen LogP contribution >= 0.6 is 11.3 Å². The maximum Gasteiger partial charge on any atom is 0.406 e. The molecular weight excluding hydrogens is 520 g/mol. The maximum atomic E-state index is 13.6. The third-order valence-electron chi connectivity index (χ3n) is 6.55. The summed E-state index contributed by atoms with van der Waals surface area (Å²) in [4.78, 5) is 14.6. The number of alkyl halides is 3. The Hall–Kier alpha value is -3.51. The minimum absolute atomic E-state index is 0.0380. The van der Waals surface area contributed by atoms with Gasteiger partial charge in [0.25, 0.3) is 5.91 Å². The highest BCUT2D eigenvalue weighted by atomic mass is 32.1. The molecule has 1 fully saturated rings. The largest absolute Gasteiger partial charge is 0.406 e. The molecule has 2 N–H and O–H groups in total. The zero-order chi connectivity index (χ0) is 26.9. The molecule has 200 valence electrons. The molecular formula is C26H26F4N6OS. The molecule has 1 saturated heterocycles. The summed E-state index contributed by atoms with van der Waals surface area (Å²) < 4.78 is 55.2. The number of anilines is 1. The van der Waals surface area contributed by atoms with E-state index in [1.54, 1.807) is 18.2 Å². The van der Waals surface area contributed by atoms with Crippen LogP contribution < -0.4 is 10.6 Å². The van der Waals surface area contributed by atoms with Crippen molar-refractivity contribution in [2.45, 2.75) is 38.1 Å². The first-order chi connectivity index (χ1) is 18.2. The van der Waals surface area contributed by atoms with Gasteiger partial charge < -0.3 is 20.1 Å². The van der Waals surface area contributed by atoms with Crippen molar-refractivity contribution in [3.8, 4) is 10.7 Å². The number of hydrogen-bond acceptors (Lipinski definition) is 6. The van der Waals surface area contributed by atoms with Crippen LogP contribution in [0.3, 0.4) is 0 Å². The Balaban J connectivity index is 1.41. The van der Waals surface area contributed by atoms with Gasteiger partial charge >= 0.3 is 6.18 Å². The van der Waals surface area contributed by atoms with Gasteiger partial charge in [0.05, 0.1) is 17.8 Å². The highest BCUT2D eigenvalue weighted by Crippen LogP contribution is 2.36. The fourth-order valence-electron chi connectivity index (χ4n) is 4.60. The molecule has 0 spiro atoms. The van der Waals surface area contributed by atoms with Crippen molar-refractivity contribution < 1.29 is 22.4 Å². The molecule has 0 unspecified atom stereocenters. The normalized spacial score (nSPS) is 15.2. The summed E-state index contributed by atoms with van der Waals surface area (Å²) in [5.41, 5.74) is 1.83. The van der Waals surface area contributed by atoms with Crippen molar-refractivity contribution in [3.63, 3.8) is 0 Å². The van der Waals surface area contributed by atoms with E-state index in [4.69, 9.17) is 0 Å². The topological polar surface area (TPSA) is 75.1 Å². The van der Waals surface area contributed by atoms with E-state index in [0.29, 0.717) is 26.6 Å². The molecule has 12 heteroatoms. The van der Waals surface area contributed by atoms with Gasteiger partial charge in [0.2, 0.25) is 0 Å². The van der Waals surface area contributed by atoms with Crippen molar-refractivity contribution in [2.24, 2.45) is 0 Å². The first kappa shape index (κ1) is 26.1. The van der Waals surface area contributed by atoms with E-state index in [-0.39, 0.29) is 18.2 Å². The van der Waals surface area contributed by atoms with Crippen molar-refractivity contribution in [3.05, 3.63) is 64.9 Å². The lowest BCUT2D eigenvalue weighted by molar-refractivity contribution is -0.139. The van der Waals surface area contributed by atoms with Crippen LogP contribution in [0, 0.1) is 5.82 Å². The van der Waals surface area contributed by atoms with Crippen LogP contribution in [0.15, 0.2) is 48.5 Å². The predicted molar refractivity (Wildman–Crippen MR) is 139 cm³/mol. The second-order valence-corrected chi connectivity index (χ2v) is 10.4. The minimum atomic E-state index is -4.44. The van der Waals surface area contributed by atoms with Crippen LogP contribution in [0.5, 0.6) is 0 Å². The molecule has 0 atom stereocenters. The predicted octanol–water partition coefficient (Wildman–Crippen LogP) is 5.30. The van der Waals surface area contributed by atoms with Crippen molar-refractivity contribution in [2.75, 3.05) is 25.5 Å². The second kappa shape index (κ2) is 10.7. The van der Waals surface area contributed by atoms with Gasteiger partial charge in [-0.25, -0.2) is 4.39 Å². The molecule has 0 radical (unpaired) electrons. The SMILES string of the molecule is CN1CCC(Nc2cccc3c2cc(-c2nnc(CNC(=O)c4ccc(F)cc4)s2)n3CC(F)(F)F)CC1. The van der Waals surface area contributed by atoms with Crippen LogP contribution in [0.4, 0.5) is 23.2 Å². The summed E-state index contributed by atoms with van der Waals surface area (Å²) in [6.07, 6.45) is -2.53. The van der Waals surface area contributed by atoms with Crippen molar-refractivity contribution in [1.82, 2.24) is 25.0 Å². The highest BCUT2D eigenvalue weighted by Gasteiger charge is 2.31. The summed E-state index contributed by atoms with van der Waals surface area (Å²) in [5.74, 6) is -0.869. The Labute approximate surface area is 220 Å². The number of amides is 1. The number of nitrogens with one attached hydrogen (secondary N) is 2. The van der Waals surface area contributed by atoms with E-state index in [2.05, 4.69) is 32.8 Å². The lowest BCUT2D eigenvalue weighted by Crippen LogP contribution is -2.36. The molecule has 38 heavy (non-hydrogen) atoms. The third kappa shape index (κ3) is 5.97. The number of nitrogens with zero attached hydrogens (tertiary/aromatic N) is 4. The van der Waals surface area contributed by atoms with E-state index in [0.717, 1.165) is 43.0 Å². The number of carbonyl (C=O) groups excluding carboxylic acids is 1. The van der Waals surface area contributed by atoms with Gasteiger partial charge in [0.15, 0.2) is 5.01 Å². The molecule has 5 rings (SSSR count). The molecule has 1 aliphatic rings. The van der Waals surface area contributed by atoms with Gasteiger partial charge in [-0.05, 0) is 75.4 Å². The third-order valence-corrected chi connectivity index (χ3v) is 7.50. The van der Waals surface area contributed by atoms with Gasteiger partial charge in [-0.3, -0.25) is 4.79 Å². The zero-order valence-corrected chi connectivity index (χ0v) is 21.4. The number of rotatable bonds is 7. The Morgan fingerprint density at radius 2 is 1.84 bits per heavy atom. The van der Waals surface area contributed by atoms with E-state index < -0.39 is 24.4 Å². The number of hydrogen-bond donors (Lipinski definition) is 2. The molecule has 7 nitrogen and oxygen atoms in total. The summed E-state index contributed by atoms with van der Waals surface area (Å²) in [6.45, 7) is 0.786. The monoisotopic (exact) mass is 546 g/mol. The molecule has 2 aromatic heterocycles.